The Morgan fingerprint density at radius 2 is 1.89 bits per heavy atom. The second kappa shape index (κ2) is 9.95. The Hall–Kier alpha value is -2.16. The molecule has 1 N–H and O–H groups in total. The highest BCUT2D eigenvalue weighted by molar-refractivity contribution is 5.79. The van der Waals surface area contributed by atoms with Crippen molar-refractivity contribution >= 4 is 11.9 Å². The molecule has 8 nitrogen and oxygen atoms in total. The van der Waals surface area contributed by atoms with Crippen molar-refractivity contribution < 1.29 is 24.2 Å². The van der Waals surface area contributed by atoms with Crippen molar-refractivity contribution in [2.75, 3.05) is 45.9 Å². The lowest BCUT2D eigenvalue weighted by Gasteiger charge is -2.54. The zero-order chi connectivity index (χ0) is 25.5. The fourth-order valence-electron chi connectivity index (χ4n) is 6.91. The van der Waals surface area contributed by atoms with E-state index in [0.29, 0.717) is 25.6 Å². The van der Waals surface area contributed by atoms with Gasteiger partial charge >= 0.3 is 5.97 Å². The molecule has 198 valence electrons. The molecule has 4 heterocycles. The Morgan fingerprint density at radius 3 is 2.61 bits per heavy atom. The molecule has 0 bridgehead atoms. The fraction of sp³-hybridized carbons (Fsp3) is 0.714. The van der Waals surface area contributed by atoms with Gasteiger partial charge in [-0.25, -0.2) is 0 Å². The van der Waals surface area contributed by atoms with Crippen molar-refractivity contribution in [1.82, 2.24) is 14.7 Å². The summed E-state index contributed by atoms with van der Waals surface area (Å²) in [5.74, 6) is 0.125. The normalized spacial score (nSPS) is 32.8. The first kappa shape index (κ1) is 25.5. The molecule has 1 aromatic rings. The first-order valence-corrected chi connectivity index (χ1v) is 13.6. The number of carbonyl (C=O) groups is 2. The van der Waals surface area contributed by atoms with Gasteiger partial charge in [0.25, 0.3) is 0 Å². The molecule has 4 atom stereocenters. The molecule has 1 spiro atoms. The molecule has 4 aliphatic rings. The summed E-state index contributed by atoms with van der Waals surface area (Å²) in [4.78, 5) is 32.0. The highest BCUT2D eigenvalue weighted by atomic mass is 16.5. The minimum atomic E-state index is -0.822. The zero-order valence-electron chi connectivity index (χ0n) is 21.9. The van der Waals surface area contributed by atoms with Crippen LogP contribution in [0.2, 0.25) is 0 Å². The summed E-state index contributed by atoms with van der Waals surface area (Å²) < 4.78 is 13.1. The monoisotopic (exact) mass is 499 g/mol. The number of hydrogen-bond acceptors (Lipinski definition) is 6. The molecule has 0 saturated carbocycles. The van der Waals surface area contributed by atoms with E-state index in [1.54, 1.807) is 0 Å². The van der Waals surface area contributed by atoms with Gasteiger partial charge in [0.1, 0.15) is 11.4 Å². The van der Waals surface area contributed by atoms with Crippen LogP contribution in [0.25, 0.3) is 0 Å². The molecule has 3 fully saturated rings. The van der Waals surface area contributed by atoms with Gasteiger partial charge in [-0.1, -0.05) is 18.2 Å². The third-order valence-corrected chi connectivity index (χ3v) is 9.08. The molecule has 3 saturated heterocycles. The third-order valence-electron chi connectivity index (χ3n) is 9.08. The van der Waals surface area contributed by atoms with Crippen LogP contribution in [0, 0.1) is 5.92 Å². The highest BCUT2D eigenvalue weighted by Gasteiger charge is 2.57. The van der Waals surface area contributed by atoms with Gasteiger partial charge in [0.15, 0.2) is 0 Å². The molecule has 0 unspecified atom stereocenters. The van der Waals surface area contributed by atoms with Gasteiger partial charge in [0.2, 0.25) is 5.91 Å². The fourth-order valence-corrected chi connectivity index (χ4v) is 6.91. The van der Waals surface area contributed by atoms with Gasteiger partial charge in [0.05, 0.1) is 24.8 Å². The number of nitrogens with zero attached hydrogens (tertiary/aromatic N) is 3. The SMILES string of the molecule is CC(C)N1CCN(CC(=O)N2CCC[C@]23CO[C@H]2c4ccccc4O[C@@](C)(CCC(=O)O)[C@@H]2C3)CC1. The molecule has 36 heavy (non-hydrogen) atoms. The van der Waals surface area contributed by atoms with E-state index in [4.69, 9.17) is 9.47 Å². The second-order valence-electron chi connectivity index (χ2n) is 11.7. The van der Waals surface area contributed by atoms with E-state index in [-0.39, 0.29) is 29.9 Å². The molecule has 8 heteroatoms. The minimum absolute atomic E-state index is 0.0245. The van der Waals surface area contributed by atoms with Crippen LogP contribution in [0.5, 0.6) is 5.75 Å². The number of carboxylic acid groups (broad SMARTS) is 1. The molecule has 0 radical (unpaired) electrons. The van der Waals surface area contributed by atoms with Crippen LogP contribution in [0.1, 0.15) is 64.5 Å². The van der Waals surface area contributed by atoms with Crippen LogP contribution in [-0.2, 0) is 14.3 Å². The van der Waals surface area contributed by atoms with E-state index in [2.05, 4.69) is 34.6 Å². The zero-order valence-corrected chi connectivity index (χ0v) is 21.9. The predicted molar refractivity (Wildman–Crippen MR) is 136 cm³/mol. The van der Waals surface area contributed by atoms with Crippen molar-refractivity contribution in [3.05, 3.63) is 29.8 Å². The second-order valence-corrected chi connectivity index (χ2v) is 11.7. The molecule has 1 amide bonds. The molecule has 0 aromatic heterocycles. The molecule has 4 aliphatic heterocycles. The molecular formula is C28H41N3O5. The Morgan fingerprint density at radius 1 is 1.14 bits per heavy atom. The Labute approximate surface area is 214 Å². The number of piperazine rings is 1. The van der Waals surface area contributed by atoms with E-state index in [9.17, 15) is 14.7 Å². The van der Waals surface area contributed by atoms with Crippen LogP contribution in [0.15, 0.2) is 24.3 Å². The van der Waals surface area contributed by atoms with E-state index < -0.39 is 11.6 Å². The van der Waals surface area contributed by atoms with Gasteiger partial charge in [-0.3, -0.25) is 19.4 Å². The number of carbonyl (C=O) groups excluding carboxylic acids is 1. The number of para-hydroxylation sites is 1. The van der Waals surface area contributed by atoms with Gasteiger partial charge in [-0.2, -0.15) is 0 Å². The van der Waals surface area contributed by atoms with Crippen LogP contribution in [0.3, 0.4) is 0 Å². The average molecular weight is 500 g/mol. The number of aliphatic carboxylic acids is 1. The summed E-state index contributed by atoms with van der Waals surface area (Å²) in [6.45, 7) is 12.1. The number of benzene rings is 1. The van der Waals surface area contributed by atoms with Gasteiger partial charge < -0.3 is 19.5 Å². The number of ether oxygens (including phenoxy) is 2. The molecule has 1 aromatic carbocycles. The van der Waals surface area contributed by atoms with Gasteiger partial charge in [-0.05, 0) is 52.5 Å². The molecule has 0 aliphatic carbocycles. The summed E-state index contributed by atoms with van der Waals surface area (Å²) in [6.07, 6.45) is 2.96. The third kappa shape index (κ3) is 4.75. The maximum Gasteiger partial charge on any atom is 0.303 e. The maximum atomic E-state index is 13.6. The Balaban J connectivity index is 1.34. The summed E-state index contributed by atoms with van der Waals surface area (Å²) in [6, 6.07) is 8.48. The van der Waals surface area contributed by atoms with Crippen LogP contribution in [0.4, 0.5) is 0 Å². The highest BCUT2D eigenvalue weighted by Crippen LogP contribution is 2.55. The largest absolute Gasteiger partial charge is 0.487 e. The quantitative estimate of drug-likeness (QED) is 0.644. The first-order valence-electron chi connectivity index (χ1n) is 13.6. The number of carboxylic acids is 1. The van der Waals surface area contributed by atoms with E-state index in [0.717, 1.165) is 63.3 Å². The summed E-state index contributed by atoms with van der Waals surface area (Å²) in [7, 11) is 0. The maximum absolute atomic E-state index is 13.6. The first-order chi connectivity index (χ1) is 17.2. The number of amides is 1. The molecule has 5 rings (SSSR count). The van der Waals surface area contributed by atoms with Crippen molar-refractivity contribution in [2.45, 2.75) is 76.2 Å². The average Bonchev–Trinajstić information content (AvgIpc) is 3.26. The summed E-state index contributed by atoms with van der Waals surface area (Å²) >= 11 is 0. The van der Waals surface area contributed by atoms with Crippen molar-refractivity contribution in [2.24, 2.45) is 5.92 Å². The summed E-state index contributed by atoms with van der Waals surface area (Å²) in [5.41, 5.74) is 0.0111. The topological polar surface area (TPSA) is 82.5 Å². The number of hydrogen-bond donors (Lipinski definition) is 1. The standard InChI is InChI=1S/C28H41N3O5/c1-20(2)30-15-13-29(14-16-30)18-24(32)31-12-6-10-28(31)17-22-26(35-19-28)21-7-4-5-8-23(21)36-27(22,3)11-9-25(33)34/h4-5,7-8,20,22,26H,6,9-19H2,1-3H3,(H,33,34)/t22-,26+,27+,28+/m1/s1. The van der Waals surface area contributed by atoms with Crippen LogP contribution < -0.4 is 4.74 Å². The van der Waals surface area contributed by atoms with Crippen LogP contribution in [-0.4, -0.2) is 94.7 Å². The van der Waals surface area contributed by atoms with Crippen molar-refractivity contribution in [3.63, 3.8) is 0 Å². The lowest BCUT2D eigenvalue weighted by Crippen LogP contribution is -2.61. The minimum Gasteiger partial charge on any atom is -0.487 e. The van der Waals surface area contributed by atoms with E-state index >= 15 is 0 Å². The van der Waals surface area contributed by atoms with Crippen molar-refractivity contribution in [1.29, 1.82) is 0 Å². The van der Waals surface area contributed by atoms with Gasteiger partial charge in [-0.15, -0.1) is 0 Å². The van der Waals surface area contributed by atoms with Crippen molar-refractivity contribution in [3.8, 4) is 5.75 Å². The van der Waals surface area contributed by atoms with E-state index in [1.165, 1.54) is 0 Å². The molecular weight excluding hydrogens is 458 g/mol. The van der Waals surface area contributed by atoms with Crippen LogP contribution >= 0.6 is 0 Å². The number of likely N-dealkylation sites (tertiary alicyclic amines) is 1. The smallest absolute Gasteiger partial charge is 0.303 e. The number of rotatable bonds is 6. The lowest BCUT2D eigenvalue weighted by molar-refractivity contribution is -0.180. The van der Waals surface area contributed by atoms with Gasteiger partial charge in [0, 0.05) is 56.7 Å². The lowest BCUT2D eigenvalue weighted by atomic mass is 9.68. The number of fused-ring (bicyclic) bond motifs is 3. The predicted octanol–water partition coefficient (Wildman–Crippen LogP) is 3.17. The summed E-state index contributed by atoms with van der Waals surface area (Å²) in [5, 5.41) is 9.42. The Bertz CT molecular complexity index is 978. The Kier molecular flexibility index (Phi) is 7.05. The van der Waals surface area contributed by atoms with E-state index in [1.807, 2.05) is 25.1 Å².